The van der Waals surface area contributed by atoms with E-state index >= 15 is 0 Å². The molecule has 1 fully saturated rings. The number of benzene rings is 1. The van der Waals surface area contributed by atoms with E-state index in [0.717, 1.165) is 11.6 Å². The van der Waals surface area contributed by atoms with E-state index in [1.807, 2.05) is 24.3 Å². The topological polar surface area (TPSA) is 58.2 Å². The molecular formula is C16H26N2O2S. The molecule has 0 saturated heterocycles. The molecule has 1 aromatic rings. The molecular weight excluding hydrogens is 284 g/mol. The Bertz CT molecular complexity index is 532. The first-order valence-corrected chi connectivity index (χ1v) is 9.54. The van der Waals surface area contributed by atoms with Gasteiger partial charge in [-0.25, -0.2) is 8.42 Å². The fraction of sp³-hybridized carbons (Fsp3) is 0.625. The second-order valence-corrected chi connectivity index (χ2v) is 7.86. The number of nitrogens with one attached hydrogen (secondary N) is 2. The highest BCUT2D eigenvalue weighted by atomic mass is 32.2. The second kappa shape index (κ2) is 7.16. The lowest BCUT2D eigenvalue weighted by molar-refractivity contribution is 0.330. The van der Waals surface area contributed by atoms with Gasteiger partial charge in [-0.3, -0.25) is 4.72 Å². The van der Waals surface area contributed by atoms with Crippen molar-refractivity contribution in [1.82, 2.24) is 0 Å². The zero-order valence-corrected chi connectivity index (χ0v) is 13.7. The van der Waals surface area contributed by atoms with Gasteiger partial charge in [0.2, 0.25) is 10.0 Å². The Hall–Kier alpha value is -1.23. The Labute approximate surface area is 128 Å². The summed E-state index contributed by atoms with van der Waals surface area (Å²) in [6, 6.07) is 8.06. The summed E-state index contributed by atoms with van der Waals surface area (Å²) in [5, 5.41) is 3.55. The summed E-state index contributed by atoms with van der Waals surface area (Å²) in [6.45, 7) is 3.90. The third kappa shape index (κ3) is 4.92. The summed E-state index contributed by atoms with van der Waals surface area (Å²) in [5.41, 5.74) is 1.69. The first-order chi connectivity index (χ1) is 10.0. The van der Waals surface area contributed by atoms with Crippen LogP contribution in [0.5, 0.6) is 0 Å². The van der Waals surface area contributed by atoms with Gasteiger partial charge in [0.25, 0.3) is 0 Å². The van der Waals surface area contributed by atoms with E-state index in [9.17, 15) is 8.42 Å². The molecule has 1 saturated carbocycles. The van der Waals surface area contributed by atoms with Crippen LogP contribution in [0.15, 0.2) is 24.3 Å². The van der Waals surface area contributed by atoms with E-state index in [4.69, 9.17) is 0 Å². The minimum atomic E-state index is -3.19. The minimum absolute atomic E-state index is 0.0909. The number of hydrogen-bond acceptors (Lipinski definition) is 3. The molecule has 1 aliphatic carbocycles. The van der Waals surface area contributed by atoms with Gasteiger partial charge < -0.3 is 5.32 Å². The molecule has 2 rings (SSSR count). The van der Waals surface area contributed by atoms with Gasteiger partial charge in [-0.05, 0) is 62.8 Å². The standard InChI is InChI=1S/C16H26N2O2S/c1-3-13-5-7-14(8-6-13)17-15-9-11-16(12-10-15)18-21(19,20)4-2/h9-14,17-18H,3-8H2,1-2H3. The molecule has 1 aliphatic rings. The van der Waals surface area contributed by atoms with Gasteiger partial charge in [-0.1, -0.05) is 13.3 Å². The van der Waals surface area contributed by atoms with Crippen molar-refractivity contribution in [1.29, 1.82) is 0 Å². The highest BCUT2D eigenvalue weighted by Crippen LogP contribution is 2.28. The second-order valence-electron chi connectivity index (χ2n) is 5.85. The van der Waals surface area contributed by atoms with Crippen LogP contribution in [0.2, 0.25) is 0 Å². The molecule has 0 aliphatic heterocycles. The number of hydrogen-bond donors (Lipinski definition) is 2. The minimum Gasteiger partial charge on any atom is -0.382 e. The van der Waals surface area contributed by atoms with Gasteiger partial charge in [0, 0.05) is 17.4 Å². The van der Waals surface area contributed by atoms with Crippen LogP contribution in [0.3, 0.4) is 0 Å². The van der Waals surface area contributed by atoms with Crippen molar-refractivity contribution < 1.29 is 8.42 Å². The lowest BCUT2D eigenvalue weighted by Gasteiger charge is -2.29. The normalized spacial score (nSPS) is 22.8. The van der Waals surface area contributed by atoms with Crippen LogP contribution >= 0.6 is 0 Å². The van der Waals surface area contributed by atoms with Crippen LogP contribution < -0.4 is 10.0 Å². The van der Waals surface area contributed by atoms with Gasteiger partial charge >= 0.3 is 0 Å². The predicted molar refractivity (Wildman–Crippen MR) is 89.2 cm³/mol. The zero-order chi connectivity index (χ0) is 15.3. The predicted octanol–water partition coefficient (Wildman–Crippen LogP) is 3.83. The van der Waals surface area contributed by atoms with Crippen molar-refractivity contribution in [2.75, 3.05) is 15.8 Å². The third-order valence-corrected chi connectivity index (χ3v) is 5.64. The molecule has 0 radical (unpaired) electrons. The van der Waals surface area contributed by atoms with Gasteiger partial charge in [0.15, 0.2) is 0 Å². The van der Waals surface area contributed by atoms with E-state index in [0.29, 0.717) is 11.7 Å². The Morgan fingerprint density at radius 2 is 1.57 bits per heavy atom. The Morgan fingerprint density at radius 1 is 1.00 bits per heavy atom. The van der Waals surface area contributed by atoms with E-state index in [-0.39, 0.29) is 5.75 Å². The average molecular weight is 310 g/mol. The number of sulfonamides is 1. The maximum absolute atomic E-state index is 11.5. The summed E-state index contributed by atoms with van der Waals surface area (Å²) in [6.07, 6.45) is 6.36. The molecule has 0 unspecified atom stereocenters. The lowest BCUT2D eigenvalue weighted by atomic mass is 9.84. The number of rotatable bonds is 6. The monoisotopic (exact) mass is 310 g/mol. The van der Waals surface area contributed by atoms with Crippen LogP contribution in [0.25, 0.3) is 0 Å². The average Bonchev–Trinajstić information content (AvgIpc) is 2.50. The molecule has 0 atom stereocenters. The van der Waals surface area contributed by atoms with Crippen molar-refractivity contribution in [3.8, 4) is 0 Å². The highest BCUT2D eigenvalue weighted by molar-refractivity contribution is 7.92. The SMILES string of the molecule is CCC1CCC(Nc2ccc(NS(=O)(=O)CC)cc2)CC1. The lowest BCUT2D eigenvalue weighted by Crippen LogP contribution is -2.25. The van der Waals surface area contributed by atoms with Crippen LogP contribution in [-0.4, -0.2) is 20.2 Å². The summed E-state index contributed by atoms with van der Waals surface area (Å²) in [5.74, 6) is 0.988. The maximum atomic E-state index is 11.5. The molecule has 0 heterocycles. The van der Waals surface area contributed by atoms with Crippen molar-refractivity contribution in [2.45, 2.75) is 52.0 Å². The smallest absolute Gasteiger partial charge is 0.232 e. The van der Waals surface area contributed by atoms with E-state index in [1.165, 1.54) is 32.1 Å². The Kier molecular flexibility index (Phi) is 5.51. The summed E-state index contributed by atoms with van der Waals surface area (Å²) >= 11 is 0. The van der Waals surface area contributed by atoms with Gasteiger partial charge in [-0.2, -0.15) is 0 Å². The molecule has 118 valence electrons. The van der Waals surface area contributed by atoms with Crippen molar-refractivity contribution in [2.24, 2.45) is 5.92 Å². The molecule has 0 amide bonds. The van der Waals surface area contributed by atoms with Crippen molar-refractivity contribution in [3.05, 3.63) is 24.3 Å². The molecule has 2 N–H and O–H groups in total. The molecule has 0 bridgehead atoms. The fourth-order valence-corrected chi connectivity index (χ4v) is 3.48. The number of anilines is 2. The van der Waals surface area contributed by atoms with E-state index in [1.54, 1.807) is 6.92 Å². The van der Waals surface area contributed by atoms with Crippen LogP contribution in [0, 0.1) is 5.92 Å². The van der Waals surface area contributed by atoms with E-state index in [2.05, 4.69) is 17.0 Å². The van der Waals surface area contributed by atoms with Crippen molar-refractivity contribution >= 4 is 21.4 Å². The van der Waals surface area contributed by atoms with Gasteiger partial charge in [0.1, 0.15) is 0 Å². The quantitative estimate of drug-likeness (QED) is 0.839. The van der Waals surface area contributed by atoms with E-state index < -0.39 is 10.0 Å². The van der Waals surface area contributed by atoms with Crippen LogP contribution in [0.4, 0.5) is 11.4 Å². The largest absolute Gasteiger partial charge is 0.382 e. The van der Waals surface area contributed by atoms with Crippen LogP contribution in [0.1, 0.15) is 46.0 Å². The summed E-state index contributed by atoms with van der Waals surface area (Å²) in [4.78, 5) is 0. The summed E-state index contributed by atoms with van der Waals surface area (Å²) < 4.78 is 25.6. The van der Waals surface area contributed by atoms with Gasteiger partial charge in [-0.15, -0.1) is 0 Å². The summed E-state index contributed by atoms with van der Waals surface area (Å²) in [7, 11) is -3.19. The fourth-order valence-electron chi connectivity index (χ4n) is 2.84. The molecule has 0 spiro atoms. The molecule has 21 heavy (non-hydrogen) atoms. The first-order valence-electron chi connectivity index (χ1n) is 7.89. The first kappa shape index (κ1) is 16.1. The molecule has 5 heteroatoms. The highest BCUT2D eigenvalue weighted by Gasteiger charge is 2.19. The van der Waals surface area contributed by atoms with Crippen molar-refractivity contribution in [3.63, 3.8) is 0 Å². The Morgan fingerprint density at radius 3 is 2.10 bits per heavy atom. The van der Waals surface area contributed by atoms with Crippen LogP contribution in [-0.2, 0) is 10.0 Å². The molecule has 1 aromatic carbocycles. The third-order valence-electron chi connectivity index (χ3n) is 4.33. The van der Waals surface area contributed by atoms with Gasteiger partial charge in [0.05, 0.1) is 5.75 Å². The maximum Gasteiger partial charge on any atom is 0.232 e. The zero-order valence-electron chi connectivity index (χ0n) is 12.9. The molecule has 0 aromatic heterocycles. The Balaban J connectivity index is 1.88. The molecule has 4 nitrogen and oxygen atoms in total.